The zero-order valence-corrected chi connectivity index (χ0v) is 47.9. The van der Waals surface area contributed by atoms with Crippen molar-refractivity contribution < 1.29 is 46.6 Å². The van der Waals surface area contributed by atoms with E-state index in [0.29, 0.717) is 120 Å². The Labute approximate surface area is 483 Å². The number of aliphatic hydroxyl groups excluding tert-OH is 1. The van der Waals surface area contributed by atoms with E-state index in [9.17, 15) is 23.3 Å². The lowest BCUT2D eigenvalue weighted by atomic mass is 10.1. The van der Waals surface area contributed by atoms with Crippen LogP contribution in [0.25, 0.3) is 21.8 Å². The number of amides is 2. The summed E-state index contributed by atoms with van der Waals surface area (Å²) in [5, 5.41) is 37.4. The molecule has 420 valence electrons. The van der Waals surface area contributed by atoms with Crippen molar-refractivity contribution in [2.45, 2.75) is 47.8 Å². The summed E-state index contributed by atoms with van der Waals surface area (Å²) in [4.78, 5) is 39.9. The Hall–Kier alpha value is -8.25. The van der Waals surface area contributed by atoms with Crippen LogP contribution in [0.2, 0.25) is 15.1 Å². The topological polar surface area (TPSA) is 307 Å². The Morgan fingerprint density at radius 2 is 1.10 bits per heavy atom. The lowest BCUT2D eigenvalue weighted by molar-refractivity contribution is -0.115. The predicted molar refractivity (Wildman–Crippen MR) is 314 cm³/mol. The van der Waals surface area contributed by atoms with Crippen molar-refractivity contribution >= 4 is 119 Å². The van der Waals surface area contributed by atoms with E-state index in [-0.39, 0.29) is 43.0 Å². The van der Waals surface area contributed by atoms with E-state index in [1.807, 2.05) is 56.3 Å². The van der Waals surface area contributed by atoms with Crippen molar-refractivity contribution in [1.82, 2.24) is 19.9 Å². The first-order valence-electron chi connectivity index (χ1n) is 23.6. The number of hydrogen-bond acceptors (Lipinski definition) is 17. The Morgan fingerprint density at radius 1 is 0.650 bits per heavy atom. The second kappa shape index (κ2) is 33.2. The summed E-state index contributed by atoms with van der Waals surface area (Å²) in [7, 11) is -3.67. The van der Waals surface area contributed by atoms with Gasteiger partial charge in [-0.05, 0) is 93.6 Å². The molecule has 4 aromatic heterocycles. The molecule has 0 saturated carbocycles. The monoisotopic (exact) mass is 1190 g/mol. The number of ether oxygens (including phenoxy) is 4. The molecule has 0 atom stereocenters. The van der Waals surface area contributed by atoms with Crippen LogP contribution in [0.5, 0.6) is 23.0 Å². The zero-order valence-electron chi connectivity index (χ0n) is 44.0. The molecule has 0 aliphatic heterocycles. The summed E-state index contributed by atoms with van der Waals surface area (Å²) in [6.45, 7) is 10.0. The van der Waals surface area contributed by atoms with E-state index in [2.05, 4.69) is 42.0 Å². The number of aliphatic hydroxyl groups is 1. The van der Waals surface area contributed by atoms with Crippen molar-refractivity contribution in [2.24, 2.45) is 0 Å². The third-order valence-corrected chi connectivity index (χ3v) is 10.7. The van der Waals surface area contributed by atoms with E-state index >= 15 is 0 Å². The molecular weight excluding hydrogens is 1130 g/mol. The van der Waals surface area contributed by atoms with E-state index < -0.39 is 10.1 Å². The molecule has 7 N–H and O–H groups in total. The average Bonchev–Trinajstić information content (AvgIpc) is 3.40. The normalized spacial score (nSPS) is 10.1. The minimum Gasteiger partial charge on any atom is -0.492 e. The molecule has 8 aromatic rings. The molecule has 0 radical (unpaired) electrons. The number of nitrogens with one attached hydrogen (secondary N) is 3. The maximum Gasteiger partial charge on any atom is 0.261 e. The minimum atomic E-state index is -3.67. The molecule has 0 spiro atoms. The summed E-state index contributed by atoms with van der Waals surface area (Å²) in [5.41, 5.74) is 11.9. The Morgan fingerprint density at radius 3 is 1.52 bits per heavy atom. The Bertz CT molecular complexity index is 3550. The highest BCUT2D eigenvalue weighted by atomic mass is 35.5. The molecule has 0 unspecified atom stereocenters. The van der Waals surface area contributed by atoms with Crippen molar-refractivity contribution in [2.75, 3.05) is 47.8 Å². The lowest BCUT2D eigenvalue weighted by Crippen LogP contribution is -2.08. The fraction of sp³-hybridized carbons (Fsp3) is 0.200. The number of nitrogen functional groups attached to an aromatic ring is 1. The number of nitrogens with zero attached hydrogens (tertiary/aromatic N) is 6. The van der Waals surface area contributed by atoms with Gasteiger partial charge in [-0.25, -0.2) is 0 Å². The van der Waals surface area contributed by atoms with Gasteiger partial charge < -0.3 is 45.7 Å². The summed E-state index contributed by atoms with van der Waals surface area (Å²) < 4.78 is 48.3. The van der Waals surface area contributed by atoms with Crippen LogP contribution in [0.15, 0.2) is 122 Å². The van der Waals surface area contributed by atoms with E-state index in [0.717, 1.165) is 11.4 Å². The van der Waals surface area contributed by atoms with E-state index in [1.165, 1.54) is 26.2 Å². The number of aromatic nitrogens is 4. The fourth-order valence-electron chi connectivity index (χ4n) is 6.57. The van der Waals surface area contributed by atoms with Crippen LogP contribution in [0.3, 0.4) is 0 Å². The van der Waals surface area contributed by atoms with Gasteiger partial charge >= 0.3 is 0 Å². The van der Waals surface area contributed by atoms with Crippen LogP contribution >= 0.6 is 47.2 Å². The van der Waals surface area contributed by atoms with Crippen LogP contribution in [-0.4, -0.2) is 75.9 Å². The van der Waals surface area contributed by atoms with Gasteiger partial charge in [0.25, 0.3) is 10.1 Å². The smallest absolute Gasteiger partial charge is 0.261 e. The Kier molecular flexibility index (Phi) is 27.4. The predicted octanol–water partition coefficient (Wildman–Crippen LogP) is 11.8. The molecule has 0 fully saturated rings. The number of anilines is 5. The molecule has 2 amide bonds. The number of rotatable bonds is 14. The summed E-state index contributed by atoms with van der Waals surface area (Å²) in [6, 6.07) is 32.7. The molecule has 0 bridgehead atoms. The van der Waals surface area contributed by atoms with Crippen molar-refractivity contribution in [3.8, 4) is 35.1 Å². The molecule has 25 heteroatoms. The van der Waals surface area contributed by atoms with Gasteiger partial charge in [0, 0.05) is 79.5 Å². The van der Waals surface area contributed by atoms with Gasteiger partial charge in [0.2, 0.25) is 11.8 Å². The Balaban J connectivity index is 0.000000316. The van der Waals surface area contributed by atoms with Crippen LogP contribution < -0.4 is 40.6 Å². The first kappa shape index (κ1) is 66.0. The standard InChI is InChI=1S/C26H22ClN5O3.C14H12ClN3O2.C12H11ClN2O.C2H6O.CH4O3S.ClH/c1-3-34-25-12-22-20(11-23(25)31-16(2)33)26(17(13-28)14-30-22)32-18-7-8-24(21(27)10-18)35-15-19-6-4-5-9-29-19;1-3-20-13-5-11-10(4-12(13)18-8(2)19)14(15)9(6-16)7-17-11;13-11-7-9(14)4-5-12(11)16-8-10-3-1-2-6-15-10;1-2-3;1-5(2,3)4;/h4-12,14H,3,15H2,1-2H3,(H,30,32)(H,31,33);4-5,7H,3H2,1-2H3,(H,18,19);1-7H,8,14H2;3H,2H2,1H3;1H3,(H,2,3,4);1H. The number of hydrogen-bond donors (Lipinski definition) is 6. The van der Waals surface area contributed by atoms with Crippen LogP contribution in [0.4, 0.5) is 28.4 Å². The van der Waals surface area contributed by atoms with E-state index in [1.54, 1.807) is 80.0 Å². The highest BCUT2D eigenvalue weighted by molar-refractivity contribution is 7.85. The highest BCUT2D eigenvalue weighted by Gasteiger charge is 2.17. The number of pyridine rings is 4. The summed E-state index contributed by atoms with van der Waals surface area (Å²) >= 11 is 18.6. The maximum absolute atomic E-state index is 11.7. The van der Waals surface area contributed by atoms with Crippen LogP contribution in [-0.2, 0) is 32.9 Å². The second-order valence-corrected chi connectivity index (χ2v) is 18.6. The lowest BCUT2D eigenvalue weighted by Gasteiger charge is -2.16. The highest BCUT2D eigenvalue weighted by Crippen LogP contribution is 2.38. The van der Waals surface area contributed by atoms with Crippen molar-refractivity contribution in [1.29, 1.82) is 10.5 Å². The van der Waals surface area contributed by atoms with Crippen LogP contribution in [0, 0.1) is 22.7 Å². The third-order valence-electron chi connectivity index (χ3n) is 9.70. The first-order chi connectivity index (χ1) is 37.7. The van der Waals surface area contributed by atoms with Gasteiger partial charge in [-0.2, -0.15) is 18.9 Å². The minimum absolute atomic E-state index is 0. The largest absolute Gasteiger partial charge is 0.492 e. The number of carbonyl (C=O) groups excluding carboxylic acids is 2. The number of nitriles is 2. The number of halogens is 4. The maximum atomic E-state index is 11.7. The second-order valence-electron chi connectivity index (χ2n) is 15.9. The van der Waals surface area contributed by atoms with E-state index in [4.69, 9.17) is 74.4 Å². The molecule has 4 heterocycles. The molecule has 8 rings (SSSR count). The van der Waals surface area contributed by atoms with Gasteiger partial charge in [-0.1, -0.05) is 46.9 Å². The molecule has 0 aliphatic carbocycles. The summed E-state index contributed by atoms with van der Waals surface area (Å²) in [6.07, 6.45) is 7.05. The molecule has 0 saturated heterocycles. The zero-order chi connectivity index (χ0) is 58.1. The fourth-order valence-corrected chi connectivity index (χ4v) is 7.29. The van der Waals surface area contributed by atoms with Gasteiger partial charge in [-0.3, -0.25) is 34.1 Å². The van der Waals surface area contributed by atoms with Crippen molar-refractivity contribution in [3.05, 3.63) is 159 Å². The van der Waals surface area contributed by atoms with Crippen molar-refractivity contribution in [3.63, 3.8) is 0 Å². The third kappa shape index (κ3) is 21.5. The van der Waals surface area contributed by atoms with Crippen LogP contribution in [0.1, 0.15) is 57.1 Å². The number of fused-ring (bicyclic) bond motifs is 2. The van der Waals surface area contributed by atoms with Gasteiger partial charge in [0.1, 0.15) is 48.4 Å². The number of benzene rings is 4. The molecule has 0 aliphatic rings. The van der Waals surface area contributed by atoms with Gasteiger partial charge in [0.15, 0.2) is 0 Å². The van der Waals surface area contributed by atoms with Gasteiger partial charge in [-0.15, -0.1) is 12.4 Å². The molecule has 80 heavy (non-hydrogen) atoms. The molecule has 20 nitrogen and oxygen atoms in total. The SMILES string of the molecule is CCO.CCOc1cc2ncc(C#N)c(Cl)c2cc1NC(C)=O.CCOc1cc2ncc(C#N)c(Nc3ccc(OCc4ccccn4)c(Cl)c3)c2cc1NC(C)=O.CS(=O)(=O)O.Cl.Nc1ccc(OCc2ccccn2)c(Cl)c1. The first-order valence-corrected chi connectivity index (χ1v) is 26.6. The van der Waals surface area contributed by atoms with Gasteiger partial charge in [0.05, 0.1) is 85.1 Å². The quantitative estimate of drug-likeness (QED) is 0.0435. The molecule has 4 aromatic carbocycles. The number of nitrogens with two attached hydrogens (primary N) is 1. The number of carbonyl (C=O) groups is 2. The average molecular weight is 1190 g/mol. The summed E-state index contributed by atoms with van der Waals surface area (Å²) in [5.74, 6) is 1.68. The molecular formula is C55H56Cl4N10O10S.